The van der Waals surface area contributed by atoms with Crippen LogP contribution in [0.4, 0.5) is 5.95 Å². The molecule has 0 unspecified atom stereocenters. The summed E-state index contributed by atoms with van der Waals surface area (Å²) in [5.74, 6) is 0.703. The second-order valence-corrected chi connectivity index (χ2v) is 8.81. The lowest BCUT2D eigenvalue weighted by Crippen LogP contribution is -2.25. The molecular weight excluding hydrogens is 472 g/mol. The van der Waals surface area contributed by atoms with Gasteiger partial charge in [-0.2, -0.15) is 0 Å². The first-order valence-corrected chi connectivity index (χ1v) is 11.3. The first kappa shape index (κ1) is 20.6. The maximum atomic E-state index is 12.9. The lowest BCUT2D eigenvalue weighted by atomic mass is 10.2. The molecule has 1 saturated carbocycles. The minimum Gasteiger partial charge on any atom is -0.293 e. The number of carbonyl (C=O) groups excluding carboxylic acids is 1. The van der Waals surface area contributed by atoms with E-state index in [1.165, 1.54) is 0 Å². The van der Waals surface area contributed by atoms with E-state index in [2.05, 4.69) is 36.3 Å². The second kappa shape index (κ2) is 8.66. The molecule has 1 aliphatic rings. The summed E-state index contributed by atoms with van der Waals surface area (Å²) in [6.07, 6.45) is 4.10. The van der Waals surface area contributed by atoms with Crippen LogP contribution in [0.15, 0.2) is 64.1 Å². The Hall–Kier alpha value is -3.33. The SMILES string of the molecule is O=C(CCc1nc2ccccc2c(=O)n1C1CC1)Nc1ncn(Cc2ccc(Br)cc2)n1. The van der Waals surface area contributed by atoms with E-state index in [-0.39, 0.29) is 29.9 Å². The molecule has 4 aromatic rings. The van der Waals surface area contributed by atoms with Crippen LogP contribution in [0.5, 0.6) is 0 Å². The number of nitrogens with one attached hydrogen (secondary N) is 1. The van der Waals surface area contributed by atoms with Crippen molar-refractivity contribution in [3.8, 4) is 0 Å². The average molecular weight is 493 g/mol. The Balaban J connectivity index is 1.25. The number of amides is 1. The van der Waals surface area contributed by atoms with E-state index in [9.17, 15) is 9.59 Å². The summed E-state index contributed by atoms with van der Waals surface area (Å²) in [7, 11) is 0. The molecule has 1 amide bonds. The van der Waals surface area contributed by atoms with Crippen molar-refractivity contribution >= 4 is 38.7 Å². The molecule has 0 radical (unpaired) electrons. The Morgan fingerprint density at radius 2 is 1.91 bits per heavy atom. The first-order valence-electron chi connectivity index (χ1n) is 10.5. The molecule has 1 aliphatic carbocycles. The molecule has 1 N–H and O–H groups in total. The average Bonchev–Trinajstić information content (AvgIpc) is 3.53. The van der Waals surface area contributed by atoms with Gasteiger partial charge in [-0.3, -0.25) is 19.5 Å². The summed E-state index contributed by atoms with van der Waals surface area (Å²) in [5, 5.41) is 7.68. The molecule has 0 saturated heterocycles. The van der Waals surface area contributed by atoms with E-state index in [1.54, 1.807) is 21.6 Å². The second-order valence-electron chi connectivity index (χ2n) is 7.89. The van der Waals surface area contributed by atoms with Crippen LogP contribution in [0.25, 0.3) is 10.9 Å². The monoisotopic (exact) mass is 492 g/mol. The molecule has 8 nitrogen and oxygen atoms in total. The van der Waals surface area contributed by atoms with Crippen LogP contribution in [0.2, 0.25) is 0 Å². The van der Waals surface area contributed by atoms with Gasteiger partial charge < -0.3 is 0 Å². The highest BCUT2D eigenvalue weighted by Gasteiger charge is 2.28. The summed E-state index contributed by atoms with van der Waals surface area (Å²) in [6.45, 7) is 0.560. The molecule has 0 atom stereocenters. The smallest absolute Gasteiger partial charge is 0.261 e. The van der Waals surface area contributed by atoms with Crippen molar-refractivity contribution in [1.29, 1.82) is 0 Å². The first-order chi connectivity index (χ1) is 15.6. The Morgan fingerprint density at radius 3 is 2.69 bits per heavy atom. The van der Waals surface area contributed by atoms with Gasteiger partial charge in [-0.15, -0.1) is 5.10 Å². The van der Waals surface area contributed by atoms with E-state index in [4.69, 9.17) is 0 Å². The zero-order valence-electron chi connectivity index (χ0n) is 17.2. The molecule has 5 rings (SSSR count). The van der Waals surface area contributed by atoms with Gasteiger partial charge in [0.25, 0.3) is 5.56 Å². The highest BCUT2D eigenvalue weighted by atomic mass is 79.9. The molecule has 0 aliphatic heterocycles. The van der Waals surface area contributed by atoms with Gasteiger partial charge in [0.05, 0.1) is 17.4 Å². The number of para-hydroxylation sites is 1. The number of rotatable bonds is 7. The fourth-order valence-corrected chi connectivity index (χ4v) is 3.96. The van der Waals surface area contributed by atoms with Crippen molar-refractivity contribution < 1.29 is 4.79 Å². The van der Waals surface area contributed by atoms with Crippen molar-refractivity contribution in [2.75, 3.05) is 5.32 Å². The minimum atomic E-state index is -0.212. The Morgan fingerprint density at radius 1 is 1.12 bits per heavy atom. The van der Waals surface area contributed by atoms with Gasteiger partial charge >= 0.3 is 0 Å². The summed E-state index contributed by atoms with van der Waals surface area (Å²) in [6, 6.07) is 15.5. The molecule has 1 fully saturated rings. The summed E-state index contributed by atoms with van der Waals surface area (Å²) < 4.78 is 4.45. The Labute approximate surface area is 192 Å². The third-order valence-electron chi connectivity index (χ3n) is 5.41. The number of halogens is 1. The molecule has 9 heteroatoms. The van der Waals surface area contributed by atoms with Gasteiger partial charge in [0.2, 0.25) is 11.9 Å². The van der Waals surface area contributed by atoms with E-state index in [0.717, 1.165) is 22.9 Å². The molecular formula is C23H21BrN6O2. The standard InChI is InChI=1S/C23H21BrN6O2/c24-16-7-5-15(6-8-16)13-29-14-25-23(28-29)27-21(31)12-11-20-26-19-4-2-1-3-18(19)22(32)30(20)17-9-10-17/h1-8,14,17H,9-13H2,(H,27,28,31). The number of fused-ring (bicyclic) bond motifs is 1. The van der Waals surface area contributed by atoms with Crippen molar-refractivity contribution in [2.45, 2.75) is 38.3 Å². The van der Waals surface area contributed by atoms with Crippen molar-refractivity contribution in [3.05, 3.63) is 81.1 Å². The van der Waals surface area contributed by atoms with Crippen molar-refractivity contribution in [1.82, 2.24) is 24.3 Å². The fourth-order valence-electron chi connectivity index (χ4n) is 3.70. The fraction of sp³-hybridized carbons (Fsp3) is 0.261. The molecule has 0 bridgehead atoms. The quantitative estimate of drug-likeness (QED) is 0.424. The number of hydrogen-bond acceptors (Lipinski definition) is 5. The van der Waals surface area contributed by atoms with Crippen molar-refractivity contribution in [3.63, 3.8) is 0 Å². The third kappa shape index (κ3) is 4.47. The number of aromatic nitrogens is 5. The number of nitrogens with zero attached hydrogens (tertiary/aromatic N) is 5. The van der Waals surface area contributed by atoms with E-state index >= 15 is 0 Å². The van der Waals surface area contributed by atoms with Crippen LogP contribution >= 0.6 is 15.9 Å². The predicted octanol–water partition coefficient (Wildman–Crippen LogP) is 3.71. The molecule has 2 heterocycles. The largest absolute Gasteiger partial charge is 0.293 e. The van der Waals surface area contributed by atoms with Crippen LogP contribution in [-0.4, -0.2) is 30.2 Å². The zero-order valence-corrected chi connectivity index (χ0v) is 18.8. The number of benzene rings is 2. The van der Waals surface area contributed by atoms with Crippen molar-refractivity contribution in [2.24, 2.45) is 0 Å². The summed E-state index contributed by atoms with van der Waals surface area (Å²) >= 11 is 3.42. The van der Waals surface area contributed by atoms with Gasteiger partial charge in [0, 0.05) is 23.4 Å². The summed E-state index contributed by atoms with van der Waals surface area (Å²) in [4.78, 5) is 34.3. The van der Waals surface area contributed by atoms with Crippen LogP contribution in [0, 0.1) is 0 Å². The van der Waals surface area contributed by atoms with Gasteiger partial charge in [0.1, 0.15) is 12.2 Å². The minimum absolute atomic E-state index is 0.0261. The maximum Gasteiger partial charge on any atom is 0.261 e. The van der Waals surface area contributed by atoms with Crippen LogP contribution in [0.3, 0.4) is 0 Å². The van der Waals surface area contributed by atoms with E-state index < -0.39 is 0 Å². The maximum absolute atomic E-state index is 12.9. The summed E-state index contributed by atoms with van der Waals surface area (Å²) in [5.41, 5.74) is 1.72. The highest BCUT2D eigenvalue weighted by molar-refractivity contribution is 9.10. The van der Waals surface area contributed by atoms with Crippen LogP contribution < -0.4 is 10.9 Å². The Bertz CT molecular complexity index is 1340. The predicted molar refractivity (Wildman–Crippen MR) is 124 cm³/mol. The normalized spacial score (nSPS) is 13.4. The molecule has 0 spiro atoms. The molecule has 162 valence electrons. The molecule has 2 aromatic heterocycles. The van der Waals surface area contributed by atoms with Gasteiger partial charge in [-0.25, -0.2) is 14.6 Å². The number of carbonyl (C=O) groups is 1. The number of aryl methyl sites for hydroxylation is 1. The van der Waals surface area contributed by atoms with E-state index in [0.29, 0.717) is 29.7 Å². The van der Waals surface area contributed by atoms with Gasteiger partial charge in [-0.1, -0.05) is 40.2 Å². The lowest BCUT2D eigenvalue weighted by Gasteiger charge is -2.12. The third-order valence-corrected chi connectivity index (χ3v) is 5.94. The lowest BCUT2D eigenvalue weighted by molar-refractivity contribution is -0.116. The molecule has 32 heavy (non-hydrogen) atoms. The number of hydrogen-bond donors (Lipinski definition) is 1. The van der Waals surface area contributed by atoms with Gasteiger partial charge in [-0.05, 0) is 42.7 Å². The van der Waals surface area contributed by atoms with Crippen LogP contribution in [-0.2, 0) is 17.8 Å². The topological polar surface area (TPSA) is 94.7 Å². The molecule has 2 aromatic carbocycles. The van der Waals surface area contributed by atoms with Gasteiger partial charge in [0.15, 0.2) is 0 Å². The zero-order chi connectivity index (χ0) is 22.1. The van der Waals surface area contributed by atoms with E-state index in [1.807, 2.05) is 42.5 Å². The van der Waals surface area contributed by atoms with Crippen LogP contribution in [0.1, 0.15) is 36.7 Å². The Kier molecular flexibility index (Phi) is 5.57. The highest BCUT2D eigenvalue weighted by Crippen LogP contribution is 2.34. The number of anilines is 1.